The number of hydrogen-bond acceptors (Lipinski definition) is 5. The fourth-order valence-corrected chi connectivity index (χ4v) is 2.79. The number of carbonyl (C=O) groups is 1. The minimum Gasteiger partial charge on any atom is -0.292 e. The number of hydrogen-bond donors (Lipinski definition) is 0. The zero-order valence-electron chi connectivity index (χ0n) is 13.3. The summed E-state index contributed by atoms with van der Waals surface area (Å²) in [6.45, 7) is 1.67. The lowest BCUT2D eigenvalue weighted by Gasteiger charge is -2.11. The number of pyridine rings is 1. The summed E-state index contributed by atoms with van der Waals surface area (Å²) in [7, 11) is 0. The van der Waals surface area contributed by atoms with Crippen LogP contribution in [0.2, 0.25) is 0 Å². The smallest absolute Gasteiger partial charge is 0.270 e. The second-order valence-corrected chi connectivity index (χ2v) is 5.66. The van der Waals surface area contributed by atoms with Gasteiger partial charge in [0.15, 0.2) is 11.7 Å². The number of carbonyl (C=O) groups excluding carboxylic acids is 1. The van der Waals surface area contributed by atoms with E-state index in [1.807, 2.05) is 24.3 Å². The number of nitrogens with zero attached hydrogens (tertiary/aromatic N) is 3. The van der Waals surface area contributed by atoms with Gasteiger partial charge in [0.25, 0.3) is 5.69 Å². The first-order valence-corrected chi connectivity index (χ1v) is 7.55. The molecule has 25 heavy (non-hydrogen) atoms. The predicted octanol–water partition coefficient (Wildman–Crippen LogP) is 3.94. The number of nitro groups is 1. The summed E-state index contributed by atoms with van der Waals surface area (Å²) >= 11 is 0. The van der Waals surface area contributed by atoms with Crippen LogP contribution in [0.3, 0.4) is 0 Å². The Morgan fingerprint density at radius 3 is 2.72 bits per heavy atom. The summed E-state index contributed by atoms with van der Waals surface area (Å²) in [6, 6.07) is 15.3. The number of aryl methyl sites for hydroxylation is 1. The fourth-order valence-electron chi connectivity index (χ4n) is 2.79. The van der Waals surface area contributed by atoms with Gasteiger partial charge in [-0.1, -0.05) is 24.3 Å². The molecule has 1 heterocycles. The SMILES string of the molecule is Cc1cc(C(=O)[C@H](C#N)c2nccc3ccccc23)cc([N+](=O)[O-])c1. The monoisotopic (exact) mass is 331 g/mol. The second-order valence-electron chi connectivity index (χ2n) is 5.66. The van der Waals surface area contributed by atoms with Crippen molar-refractivity contribution >= 4 is 22.2 Å². The van der Waals surface area contributed by atoms with Crippen LogP contribution < -0.4 is 0 Å². The third-order valence-electron chi connectivity index (χ3n) is 3.93. The third-order valence-corrected chi connectivity index (χ3v) is 3.93. The van der Waals surface area contributed by atoms with Crippen LogP contribution >= 0.6 is 0 Å². The molecule has 1 atom stereocenters. The highest BCUT2D eigenvalue weighted by atomic mass is 16.6. The Bertz CT molecular complexity index is 1030. The molecule has 0 radical (unpaired) electrons. The van der Waals surface area contributed by atoms with Crippen molar-refractivity contribution in [1.29, 1.82) is 5.26 Å². The highest BCUT2D eigenvalue weighted by Gasteiger charge is 2.26. The minimum absolute atomic E-state index is 0.132. The summed E-state index contributed by atoms with van der Waals surface area (Å²) in [5.41, 5.74) is 0.897. The van der Waals surface area contributed by atoms with Crippen molar-refractivity contribution in [3.05, 3.63) is 81.7 Å². The number of aromatic nitrogens is 1. The number of benzene rings is 2. The van der Waals surface area contributed by atoms with Crippen molar-refractivity contribution in [1.82, 2.24) is 4.98 Å². The molecule has 6 heteroatoms. The van der Waals surface area contributed by atoms with Crippen LogP contribution in [0, 0.1) is 28.4 Å². The highest BCUT2D eigenvalue weighted by Crippen LogP contribution is 2.27. The average Bonchev–Trinajstić information content (AvgIpc) is 2.62. The summed E-state index contributed by atoms with van der Waals surface area (Å²) in [4.78, 5) is 27.6. The van der Waals surface area contributed by atoms with Gasteiger partial charge in [0, 0.05) is 29.3 Å². The molecule has 0 aliphatic heterocycles. The van der Waals surface area contributed by atoms with Gasteiger partial charge < -0.3 is 0 Å². The Balaban J connectivity index is 2.11. The Morgan fingerprint density at radius 1 is 1.24 bits per heavy atom. The molecule has 0 saturated carbocycles. The van der Waals surface area contributed by atoms with E-state index in [-0.39, 0.29) is 11.3 Å². The van der Waals surface area contributed by atoms with Crippen molar-refractivity contribution < 1.29 is 9.72 Å². The molecule has 0 bridgehead atoms. The molecule has 0 amide bonds. The van der Waals surface area contributed by atoms with Crippen LogP contribution in [0.4, 0.5) is 5.69 Å². The summed E-state index contributed by atoms with van der Waals surface area (Å²) in [6.07, 6.45) is 1.55. The van der Waals surface area contributed by atoms with Crippen LogP contribution in [-0.4, -0.2) is 15.7 Å². The van der Waals surface area contributed by atoms with Crippen LogP contribution in [0.25, 0.3) is 10.8 Å². The molecule has 6 nitrogen and oxygen atoms in total. The van der Waals surface area contributed by atoms with Crippen LogP contribution in [-0.2, 0) is 0 Å². The summed E-state index contributed by atoms with van der Waals surface area (Å²) < 4.78 is 0. The molecule has 0 unspecified atom stereocenters. The molecule has 0 N–H and O–H groups in total. The molecule has 0 aliphatic rings. The first kappa shape index (κ1) is 16.3. The molecule has 1 aromatic heterocycles. The van der Waals surface area contributed by atoms with E-state index in [1.54, 1.807) is 31.3 Å². The van der Waals surface area contributed by atoms with Gasteiger partial charge in [-0.2, -0.15) is 5.26 Å². The third kappa shape index (κ3) is 3.08. The number of ketones is 1. The average molecular weight is 331 g/mol. The van der Waals surface area contributed by atoms with Gasteiger partial charge in [-0.25, -0.2) is 0 Å². The van der Waals surface area contributed by atoms with Crippen LogP contribution in [0.15, 0.2) is 54.7 Å². The van der Waals surface area contributed by atoms with Crippen LogP contribution in [0.5, 0.6) is 0 Å². The number of non-ortho nitro benzene ring substituents is 1. The van der Waals surface area contributed by atoms with Gasteiger partial charge >= 0.3 is 0 Å². The number of Topliss-reactive ketones (excluding diaryl/α,β-unsaturated/α-hetero) is 1. The summed E-state index contributed by atoms with van der Waals surface area (Å²) in [5.74, 6) is -1.63. The lowest BCUT2D eigenvalue weighted by Crippen LogP contribution is -2.13. The fraction of sp³-hybridized carbons (Fsp3) is 0.105. The largest absolute Gasteiger partial charge is 0.292 e. The van der Waals surface area contributed by atoms with E-state index in [9.17, 15) is 20.2 Å². The molecule has 3 aromatic rings. The van der Waals surface area contributed by atoms with E-state index in [0.29, 0.717) is 16.6 Å². The van der Waals surface area contributed by atoms with Crippen molar-refractivity contribution in [2.45, 2.75) is 12.8 Å². The Morgan fingerprint density at radius 2 is 2.00 bits per heavy atom. The first-order chi connectivity index (χ1) is 12.0. The zero-order chi connectivity index (χ0) is 18.0. The van der Waals surface area contributed by atoms with E-state index in [2.05, 4.69) is 4.98 Å². The normalized spacial score (nSPS) is 11.7. The Kier molecular flexibility index (Phi) is 4.23. The standard InChI is InChI=1S/C19H13N3O3/c1-12-8-14(10-15(9-12)22(24)25)19(23)17(11-20)18-16-5-3-2-4-13(16)6-7-21-18/h2-10,17H,1H3/t17-/m1/s1. The quantitative estimate of drug-likeness (QED) is 0.410. The van der Waals surface area contributed by atoms with Gasteiger partial charge in [0.1, 0.15) is 0 Å². The molecule has 0 fully saturated rings. The van der Waals surface area contributed by atoms with Crippen LogP contribution in [0.1, 0.15) is 27.5 Å². The van der Waals surface area contributed by atoms with Gasteiger partial charge in [0.05, 0.1) is 16.7 Å². The Hall–Kier alpha value is -3.59. The first-order valence-electron chi connectivity index (χ1n) is 7.55. The van der Waals surface area contributed by atoms with Crippen molar-refractivity contribution in [3.8, 4) is 6.07 Å². The number of nitro benzene ring substituents is 1. The Labute approximate surface area is 143 Å². The molecular formula is C19H13N3O3. The minimum atomic E-state index is -1.13. The van der Waals surface area contributed by atoms with Crippen molar-refractivity contribution in [2.24, 2.45) is 0 Å². The topological polar surface area (TPSA) is 96.9 Å². The van der Waals surface area contributed by atoms with Gasteiger partial charge in [-0.05, 0) is 30.0 Å². The molecule has 2 aromatic carbocycles. The van der Waals surface area contributed by atoms with E-state index in [1.165, 1.54) is 12.1 Å². The molecule has 0 saturated heterocycles. The number of nitriles is 1. The van der Waals surface area contributed by atoms with E-state index in [4.69, 9.17) is 0 Å². The lowest BCUT2D eigenvalue weighted by molar-refractivity contribution is -0.384. The maximum absolute atomic E-state index is 12.9. The molecule has 0 aliphatic carbocycles. The molecule has 0 spiro atoms. The second kappa shape index (κ2) is 6.49. The lowest BCUT2D eigenvalue weighted by atomic mass is 9.91. The maximum atomic E-state index is 12.9. The predicted molar refractivity (Wildman–Crippen MR) is 92.3 cm³/mol. The molecular weight excluding hydrogens is 318 g/mol. The molecule has 122 valence electrons. The van der Waals surface area contributed by atoms with Gasteiger partial charge in [-0.15, -0.1) is 0 Å². The van der Waals surface area contributed by atoms with Crippen molar-refractivity contribution in [3.63, 3.8) is 0 Å². The van der Waals surface area contributed by atoms with Crippen molar-refractivity contribution in [2.75, 3.05) is 0 Å². The maximum Gasteiger partial charge on any atom is 0.270 e. The van der Waals surface area contributed by atoms with Gasteiger partial charge in [0.2, 0.25) is 0 Å². The van der Waals surface area contributed by atoms with Gasteiger partial charge in [-0.3, -0.25) is 19.9 Å². The number of fused-ring (bicyclic) bond motifs is 1. The zero-order valence-corrected chi connectivity index (χ0v) is 13.3. The van der Waals surface area contributed by atoms with E-state index < -0.39 is 16.6 Å². The van der Waals surface area contributed by atoms with E-state index >= 15 is 0 Å². The molecule has 3 rings (SSSR count). The van der Waals surface area contributed by atoms with E-state index in [0.717, 1.165) is 5.39 Å². The number of rotatable bonds is 4. The highest BCUT2D eigenvalue weighted by molar-refractivity contribution is 6.05. The summed E-state index contributed by atoms with van der Waals surface area (Å²) in [5, 5.41) is 22.2.